The average molecular weight is 852 g/mol. The number of ether oxygens (including phenoxy) is 1. The van der Waals surface area contributed by atoms with Gasteiger partial charge in [-0.3, -0.25) is 9.59 Å². The van der Waals surface area contributed by atoms with Gasteiger partial charge < -0.3 is 20.3 Å². The second-order valence-electron chi connectivity index (χ2n) is 17.3. The Balaban J connectivity index is 4.55. The van der Waals surface area contributed by atoms with Crippen molar-refractivity contribution in [3.63, 3.8) is 0 Å². The highest BCUT2D eigenvalue weighted by Gasteiger charge is 2.24. The molecule has 0 aliphatic rings. The van der Waals surface area contributed by atoms with E-state index in [1.54, 1.807) is 0 Å². The van der Waals surface area contributed by atoms with E-state index >= 15 is 0 Å². The molecular weight excluding hydrogens is 755 g/mol. The first-order valence-corrected chi connectivity index (χ1v) is 25.7. The number of carbonyl (C=O) groups excluding carboxylic acids is 2. The molecule has 0 rings (SSSR count). The molecule has 0 fully saturated rings. The summed E-state index contributed by atoms with van der Waals surface area (Å²) in [5, 5.41) is 23.8. The van der Waals surface area contributed by atoms with Gasteiger partial charge in [0, 0.05) is 6.42 Å². The molecule has 352 valence electrons. The van der Waals surface area contributed by atoms with E-state index in [4.69, 9.17) is 4.74 Å². The Morgan fingerprint density at radius 3 is 1.34 bits per heavy atom. The first-order valence-electron chi connectivity index (χ1n) is 25.7. The highest BCUT2D eigenvalue weighted by molar-refractivity contribution is 5.77. The molecule has 0 aromatic rings. The lowest BCUT2D eigenvalue weighted by molar-refractivity contribution is -0.151. The third kappa shape index (κ3) is 43.7. The number of aliphatic hydroxyl groups is 2. The third-order valence-corrected chi connectivity index (χ3v) is 11.4. The maximum atomic E-state index is 13.2. The number of aliphatic hydroxyl groups excluding tert-OH is 2. The maximum absolute atomic E-state index is 13.2. The lowest BCUT2D eigenvalue weighted by atomic mass is 10.0. The van der Waals surface area contributed by atoms with E-state index in [-0.39, 0.29) is 24.9 Å². The predicted molar refractivity (Wildman–Crippen MR) is 264 cm³/mol. The van der Waals surface area contributed by atoms with Gasteiger partial charge in [-0.25, -0.2) is 0 Å². The zero-order valence-corrected chi connectivity index (χ0v) is 40.0. The van der Waals surface area contributed by atoms with E-state index in [2.05, 4.69) is 86.8 Å². The molecule has 0 aliphatic heterocycles. The van der Waals surface area contributed by atoms with E-state index in [0.717, 1.165) is 83.5 Å². The van der Waals surface area contributed by atoms with Crippen molar-refractivity contribution in [1.82, 2.24) is 5.32 Å². The topological polar surface area (TPSA) is 95.9 Å². The zero-order chi connectivity index (χ0) is 44.5. The van der Waals surface area contributed by atoms with Crippen molar-refractivity contribution < 1.29 is 24.5 Å². The minimum atomic E-state index is -0.801. The summed E-state index contributed by atoms with van der Waals surface area (Å²) < 4.78 is 5.90. The second-order valence-corrected chi connectivity index (χ2v) is 17.3. The van der Waals surface area contributed by atoms with Crippen molar-refractivity contribution in [3.8, 4) is 0 Å². The van der Waals surface area contributed by atoms with Gasteiger partial charge in [0.15, 0.2) is 0 Å². The van der Waals surface area contributed by atoms with Crippen LogP contribution in [0.25, 0.3) is 0 Å². The van der Waals surface area contributed by atoms with Gasteiger partial charge in [0.1, 0.15) is 6.10 Å². The van der Waals surface area contributed by atoms with Crippen molar-refractivity contribution >= 4 is 11.9 Å². The molecule has 0 aliphatic carbocycles. The van der Waals surface area contributed by atoms with Crippen LogP contribution in [0.4, 0.5) is 0 Å². The second kappa shape index (κ2) is 48.3. The van der Waals surface area contributed by atoms with Crippen molar-refractivity contribution in [2.24, 2.45) is 0 Å². The van der Waals surface area contributed by atoms with E-state index in [0.29, 0.717) is 19.3 Å². The number of allylic oxidation sites excluding steroid dienone is 12. The number of esters is 1. The summed E-state index contributed by atoms with van der Waals surface area (Å²) in [6, 6.07) is -0.718. The molecule has 0 heterocycles. The molecule has 0 bridgehead atoms. The monoisotopic (exact) mass is 852 g/mol. The number of amides is 1. The third-order valence-electron chi connectivity index (χ3n) is 11.4. The Morgan fingerprint density at radius 2 is 0.885 bits per heavy atom. The molecule has 0 saturated heterocycles. The van der Waals surface area contributed by atoms with Gasteiger partial charge in [-0.2, -0.15) is 0 Å². The Hall–Kier alpha value is -2.70. The fourth-order valence-corrected chi connectivity index (χ4v) is 7.55. The smallest absolute Gasteiger partial charge is 0.306 e. The van der Waals surface area contributed by atoms with E-state index in [9.17, 15) is 19.8 Å². The molecule has 0 aromatic carbocycles. The zero-order valence-electron chi connectivity index (χ0n) is 40.0. The summed E-state index contributed by atoms with van der Waals surface area (Å²) in [7, 11) is 0. The average Bonchev–Trinajstić information content (AvgIpc) is 3.25. The van der Waals surface area contributed by atoms with Gasteiger partial charge in [0.25, 0.3) is 0 Å². The van der Waals surface area contributed by atoms with Crippen LogP contribution in [0.15, 0.2) is 72.9 Å². The van der Waals surface area contributed by atoms with Gasteiger partial charge in [0.05, 0.1) is 25.2 Å². The van der Waals surface area contributed by atoms with Crippen molar-refractivity contribution in [2.45, 2.75) is 257 Å². The fourth-order valence-electron chi connectivity index (χ4n) is 7.55. The van der Waals surface area contributed by atoms with Crippen molar-refractivity contribution in [1.29, 1.82) is 0 Å². The summed E-state index contributed by atoms with van der Waals surface area (Å²) in [6.45, 7) is 6.21. The van der Waals surface area contributed by atoms with Gasteiger partial charge in [-0.05, 0) is 64.2 Å². The minimum absolute atomic E-state index is 0.0470. The van der Waals surface area contributed by atoms with E-state index < -0.39 is 18.2 Å². The number of hydrogen-bond donors (Lipinski definition) is 3. The number of hydrogen-bond acceptors (Lipinski definition) is 5. The SMILES string of the molecule is CC/C=C/C=C/C=C\CCCCCC(CC(=O)NC(CO)C(O)CCCCCCCCCCCCCCCCCC)OC(=O)CCCCCCCCC/C=C/C=C/C=C/CC. The van der Waals surface area contributed by atoms with Crippen LogP contribution < -0.4 is 5.32 Å². The van der Waals surface area contributed by atoms with Crippen LogP contribution in [-0.4, -0.2) is 46.9 Å². The van der Waals surface area contributed by atoms with Crippen LogP contribution in [-0.2, 0) is 14.3 Å². The van der Waals surface area contributed by atoms with Crippen LogP contribution in [0.2, 0.25) is 0 Å². The summed E-state index contributed by atoms with van der Waals surface area (Å²) >= 11 is 0. The van der Waals surface area contributed by atoms with Crippen LogP contribution in [0.1, 0.15) is 239 Å². The summed E-state index contributed by atoms with van der Waals surface area (Å²) in [5.74, 6) is -0.524. The highest BCUT2D eigenvalue weighted by Crippen LogP contribution is 2.18. The van der Waals surface area contributed by atoms with Crippen molar-refractivity contribution in [3.05, 3.63) is 72.9 Å². The summed E-state index contributed by atoms with van der Waals surface area (Å²) in [5.41, 5.74) is 0. The van der Waals surface area contributed by atoms with E-state index in [1.807, 2.05) is 12.2 Å². The molecule has 61 heavy (non-hydrogen) atoms. The summed E-state index contributed by atoms with van der Waals surface area (Å²) in [4.78, 5) is 26.1. The Bertz CT molecular complexity index is 1140. The Morgan fingerprint density at radius 1 is 0.492 bits per heavy atom. The standard InChI is InChI=1S/C55H97NO5/c1-4-7-10-13-16-19-22-24-26-28-29-32-35-38-41-44-47-53(58)52(50-57)56-54(59)49-51(46-43-40-37-34-31-21-18-15-12-9-6-3)61-55(60)48-45-42-39-36-33-30-27-25-23-20-17-14-11-8-5-2/h8-9,11-12,14-15,17-18,20-21,23,31,51-53,57-58H,4-7,10,13,16,19,22,24-30,32-50H2,1-3H3,(H,56,59)/b11-8+,12-9+,17-14+,18-15+,23-20+,31-21-. The molecule has 0 aromatic heterocycles. The van der Waals surface area contributed by atoms with Crippen LogP contribution in [0, 0.1) is 0 Å². The molecule has 6 heteroatoms. The molecule has 0 spiro atoms. The first kappa shape index (κ1) is 58.3. The normalized spacial score (nSPS) is 13.9. The van der Waals surface area contributed by atoms with Crippen LogP contribution in [0.3, 0.4) is 0 Å². The van der Waals surface area contributed by atoms with Crippen LogP contribution in [0.5, 0.6) is 0 Å². The minimum Gasteiger partial charge on any atom is -0.462 e. The predicted octanol–water partition coefficient (Wildman–Crippen LogP) is 15.4. The number of nitrogens with one attached hydrogen (secondary N) is 1. The molecule has 0 radical (unpaired) electrons. The quantitative estimate of drug-likeness (QED) is 0.0322. The maximum Gasteiger partial charge on any atom is 0.306 e. The lowest BCUT2D eigenvalue weighted by Crippen LogP contribution is -2.46. The molecule has 6 nitrogen and oxygen atoms in total. The molecule has 1 amide bonds. The Labute approximate surface area is 377 Å². The fraction of sp³-hybridized carbons (Fsp3) is 0.745. The molecule has 3 unspecified atom stereocenters. The van der Waals surface area contributed by atoms with Gasteiger partial charge in [-0.1, -0.05) is 235 Å². The largest absolute Gasteiger partial charge is 0.462 e. The molecule has 3 N–H and O–H groups in total. The number of rotatable bonds is 45. The summed E-state index contributed by atoms with van der Waals surface area (Å²) in [6.07, 6.45) is 61.1. The van der Waals surface area contributed by atoms with Gasteiger partial charge >= 0.3 is 5.97 Å². The van der Waals surface area contributed by atoms with Crippen LogP contribution >= 0.6 is 0 Å². The number of unbranched alkanes of at least 4 members (excludes halogenated alkanes) is 25. The lowest BCUT2D eigenvalue weighted by Gasteiger charge is -2.24. The molecule has 3 atom stereocenters. The van der Waals surface area contributed by atoms with Gasteiger partial charge in [0.2, 0.25) is 5.91 Å². The molecular formula is C55H97NO5. The van der Waals surface area contributed by atoms with Gasteiger partial charge in [-0.15, -0.1) is 0 Å². The Kier molecular flexibility index (Phi) is 46.2. The first-order chi connectivity index (χ1) is 30.0. The van der Waals surface area contributed by atoms with E-state index in [1.165, 1.54) is 109 Å². The molecule has 0 saturated carbocycles. The highest BCUT2D eigenvalue weighted by atomic mass is 16.5. The number of carbonyl (C=O) groups is 2. The van der Waals surface area contributed by atoms with Crippen molar-refractivity contribution in [2.75, 3.05) is 6.61 Å².